The molecule has 0 aliphatic rings. The fraction of sp³-hybridized carbons (Fsp3) is 0.417. The summed E-state index contributed by atoms with van der Waals surface area (Å²) < 4.78 is 0. The van der Waals surface area contributed by atoms with Gasteiger partial charge in [0.2, 0.25) is 0 Å². The fourth-order valence-corrected chi connectivity index (χ4v) is 1.72. The monoisotopic (exact) mass is 267 g/mol. The van der Waals surface area contributed by atoms with Gasteiger partial charge in [-0.3, -0.25) is 14.9 Å². The number of carbonyl (C=O) groups excluding carboxylic acids is 1. The first-order chi connectivity index (χ1) is 9.04. The zero-order valence-corrected chi connectivity index (χ0v) is 10.9. The summed E-state index contributed by atoms with van der Waals surface area (Å²) in [6, 6.07) is 4.28. The van der Waals surface area contributed by atoms with Gasteiger partial charge in [-0.2, -0.15) is 0 Å². The van der Waals surface area contributed by atoms with Gasteiger partial charge in [-0.25, -0.2) is 0 Å². The lowest BCUT2D eigenvalue weighted by atomic mass is 10.1. The van der Waals surface area contributed by atoms with Crippen molar-refractivity contribution in [3.8, 4) is 0 Å². The molecule has 1 aromatic rings. The number of aliphatic hydroxyl groups excluding tert-OH is 1. The number of hydrogen-bond donors (Lipinski definition) is 2. The number of hydrogen-bond acceptors (Lipinski definition) is 5. The largest absolute Gasteiger partial charge is 0.395 e. The van der Waals surface area contributed by atoms with Crippen molar-refractivity contribution in [1.29, 1.82) is 0 Å². The van der Waals surface area contributed by atoms with Gasteiger partial charge < -0.3 is 15.3 Å². The molecule has 0 aliphatic carbocycles. The standard InChI is InChI=1S/C12H17N3O4/c1-3-14(6-7-16)12(17)10-8-9(13-2)4-5-11(10)15(18)19/h4-5,8,13,16H,3,6-7H2,1-2H3. The fourth-order valence-electron chi connectivity index (χ4n) is 1.72. The number of anilines is 1. The molecular weight excluding hydrogens is 250 g/mol. The average Bonchev–Trinajstić information content (AvgIpc) is 2.43. The van der Waals surface area contributed by atoms with Crippen LogP contribution in [0, 0.1) is 10.1 Å². The molecule has 2 N–H and O–H groups in total. The van der Waals surface area contributed by atoms with E-state index in [1.807, 2.05) is 0 Å². The Balaban J connectivity index is 3.21. The van der Waals surface area contributed by atoms with Crippen LogP contribution < -0.4 is 5.32 Å². The van der Waals surface area contributed by atoms with Gasteiger partial charge in [-0.05, 0) is 19.1 Å². The highest BCUT2D eigenvalue weighted by atomic mass is 16.6. The molecule has 19 heavy (non-hydrogen) atoms. The van der Waals surface area contributed by atoms with Crippen LogP contribution in [0.1, 0.15) is 17.3 Å². The van der Waals surface area contributed by atoms with Gasteiger partial charge in [0.15, 0.2) is 0 Å². The SMILES string of the molecule is CCN(CCO)C(=O)c1cc(NC)ccc1[N+](=O)[O-]. The summed E-state index contributed by atoms with van der Waals surface area (Å²) in [5, 5.41) is 22.7. The Morgan fingerprint density at radius 2 is 2.21 bits per heavy atom. The Morgan fingerprint density at radius 1 is 1.53 bits per heavy atom. The topological polar surface area (TPSA) is 95.7 Å². The molecule has 1 amide bonds. The van der Waals surface area contributed by atoms with E-state index in [1.165, 1.54) is 23.1 Å². The van der Waals surface area contributed by atoms with Gasteiger partial charge >= 0.3 is 0 Å². The molecule has 0 atom stereocenters. The first-order valence-electron chi connectivity index (χ1n) is 5.91. The van der Waals surface area contributed by atoms with Crippen molar-refractivity contribution in [3.05, 3.63) is 33.9 Å². The van der Waals surface area contributed by atoms with E-state index in [2.05, 4.69) is 5.32 Å². The van der Waals surface area contributed by atoms with Crippen LogP contribution in [0.4, 0.5) is 11.4 Å². The Hall–Kier alpha value is -2.15. The third-order valence-electron chi connectivity index (χ3n) is 2.75. The normalized spacial score (nSPS) is 10.1. The van der Waals surface area contributed by atoms with Crippen molar-refractivity contribution < 1.29 is 14.8 Å². The minimum absolute atomic E-state index is 0.0205. The van der Waals surface area contributed by atoms with Gasteiger partial charge in [-0.15, -0.1) is 0 Å². The van der Waals surface area contributed by atoms with E-state index in [0.717, 1.165) is 0 Å². The first-order valence-corrected chi connectivity index (χ1v) is 5.91. The number of nitrogens with one attached hydrogen (secondary N) is 1. The van der Waals surface area contributed by atoms with E-state index >= 15 is 0 Å². The molecule has 1 aromatic carbocycles. The van der Waals surface area contributed by atoms with E-state index in [9.17, 15) is 14.9 Å². The molecule has 0 bridgehead atoms. The lowest BCUT2D eigenvalue weighted by Gasteiger charge is -2.19. The van der Waals surface area contributed by atoms with E-state index in [-0.39, 0.29) is 24.4 Å². The highest BCUT2D eigenvalue weighted by molar-refractivity contribution is 5.99. The molecule has 0 saturated carbocycles. The number of aliphatic hydroxyl groups is 1. The number of amides is 1. The van der Waals surface area contributed by atoms with Gasteiger partial charge in [0.1, 0.15) is 5.56 Å². The minimum atomic E-state index is -0.584. The van der Waals surface area contributed by atoms with Gasteiger partial charge in [0.05, 0.1) is 11.5 Å². The summed E-state index contributed by atoms with van der Waals surface area (Å²) in [7, 11) is 1.67. The molecule has 7 nitrogen and oxygen atoms in total. The summed E-state index contributed by atoms with van der Waals surface area (Å²) in [5.74, 6) is -0.458. The Labute approximate surface area is 111 Å². The third kappa shape index (κ3) is 3.41. The molecule has 0 aliphatic heterocycles. The molecule has 0 heterocycles. The van der Waals surface area contributed by atoms with Crippen molar-refractivity contribution in [2.24, 2.45) is 0 Å². The van der Waals surface area contributed by atoms with Crippen LogP contribution in [0.15, 0.2) is 18.2 Å². The number of rotatable bonds is 6. The van der Waals surface area contributed by atoms with E-state index in [0.29, 0.717) is 12.2 Å². The summed E-state index contributed by atoms with van der Waals surface area (Å²) in [5.41, 5.74) is 0.404. The third-order valence-corrected chi connectivity index (χ3v) is 2.75. The molecule has 0 saturated heterocycles. The summed E-state index contributed by atoms with van der Waals surface area (Å²) in [4.78, 5) is 24.0. The van der Waals surface area contributed by atoms with Gasteiger partial charge in [0, 0.05) is 31.9 Å². The summed E-state index contributed by atoms with van der Waals surface area (Å²) >= 11 is 0. The van der Waals surface area contributed by atoms with Gasteiger partial charge in [-0.1, -0.05) is 0 Å². The maximum Gasteiger partial charge on any atom is 0.282 e. The van der Waals surface area contributed by atoms with Gasteiger partial charge in [0.25, 0.3) is 11.6 Å². The molecule has 0 fully saturated rings. The number of nitro groups is 1. The zero-order chi connectivity index (χ0) is 14.4. The lowest BCUT2D eigenvalue weighted by molar-refractivity contribution is -0.385. The molecular formula is C12H17N3O4. The maximum atomic E-state index is 12.2. The number of benzene rings is 1. The van der Waals surface area contributed by atoms with Crippen LogP contribution in [0.3, 0.4) is 0 Å². The van der Waals surface area contributed by atoms with Crippen LogP contribution in [0.25, 0.3) is 0 Å². The minimum Gasteiger partial charge on any atom is -0.395 e. The molecule has 104 valence electrons. The van der Waals surface area contributed by atoms with Crippen LogP contribution in [0.2, 0.25) is 0 Å². The lowest BCUT2D eigenvalue weighted by Crippen LogP contribution is -2.33. The van der Waals surface area contributed by atoms with Crippen molar-refractivity contribution in [1.82, 2.24) is 4.90 Å². The molecule has 0 radical (unpaired) electrons. The smallest absolute Gasteiger partial charge is 0.282 e. The number of carbonyl (C=O) groups is 1. The van der Waals surface area contributed by atoms with Crippen molar-refractivity contribution in [2.45, 2.75) is 6.92 Å². The predicted octanol–water partition coefficient (Wildman–Crippen LogP) is 1.09. The molecule has 0 unspecified atom stereocenters. The van der Waals surface area contributed by atoms with Crippen LogP contribution >= 0.6 is 0 Å². The molecule has 0 aromatic heterocycles. The number of nitrogens with zero attached hydrogens (tertiary/aromatic N) is 2. The maximum absolute atomic E-state index is 12.2. The highest BCUT2D eigenvalue weighted by Gasteiger charge is 2.24. The van der Waals surface area contributed by atoms with E-state index < -0.39 is 10.8 Å². The number of likely N-dealkylation sites (N-methyl/N-ethyl adjacent to an activating group) is 1. The Kier molecular flexibility index (Phi) is 5.25. The molecule has 7 heteroatoms. The molecule has 0 spiro atoms. The van der Waals surface area contributed by atoms with Crippen molar-refractivity contribution >= 4 is 17.3 Å². The summed E-state index contributed by atoms with van der Waals surface area (Å²) in [6.07, 6.45) is 0. The van der Waals surface area contributed by atoms with Crippen molar-refractivity contribution in [2.75, 3.05) is 32.1 Å². The quantitative estimate of drug-likeness (QED) is 0.594. The van der Waals surface area contributed by atoms with E-state index in [1.54, 1.807) is 14.0 Å². The molecule has 1 rings (SSSR count). The second-order valence-corrected chi connectivity index (χ2v) is 3.85. The second kappa shape index (κ2) is 6.69. The Bertz CT molecular complexity index is 476. The number of nitro benzene ring substituents is 1. The van der Waals surface area contributed by atoms with E-state index in [4.69, 9.17) is 5.11 Å². The average molecular weight is 267 g/mol. The highest BCUT2D eigenvalue weighted by Crippen LogP contribution is 2.24. The zero-order valence-electron chi connectivity index (χ0n) is 10.9. The Morgan fingerprint density at radius 3 is 2.68 bits per heavy atom. The van der Waals surface area contributed by atoms with Crippen molar-refractivity contribution in [3.63, 3.8) is 0 Å². The summed E-state index contributed by atoms with van der Waals surface area (Å²) in [6.45, 7) is 2.09. The predicted molar refractivity (Wildman–Crippen MR) is 71.3 cm³/mol. The second-order valence-electron chi connectivity index (χ2n) is 3.85. The van der Waals surface area contributed by atoms with Crippen LogP contribution in [-0.2, 0) is 0 Å². The van der Waals surface area contributed by atoms with Crippen LogP contribution in [0.5, 0.6) is 0 Å². The first kappa shape index (κ1) is 14.9. The van der Waals surface area contributed by atoms with Crippen LogP contribution in [-0.4, -0.2) is 47.6 Å².